The molecule has 92 valence electrons. The third kappa shape index (κ3) is 2.75. The summed E-state index contributed by atoms with van der Waals surface area (Å²) in [7, 11) is 1.64. The topological polar surface area (TPSA) is 110 Å². The Hall–Kier alpha value is -2.04. The molecule has 1 heterocycles. The number of nitrogens with zero attached hydrogens (tertiary/aromatic N) is 3. The van der Waals surface area contributed by atoms with Crippen molar-refractivity contribution in [1.82, 2.24) is 9.63 Å². The zero-order valence-electron chi connectivity index (χ0n) is 9.24. The van der Waals surface area contributed by atoms with E-state index in [9.17, 15) is 10.0 Å². The minimum absolute atomic E-state index is 0.0533. The van der Waals surface area contributed by atoms with E-state index in [0.717, 1.165) is 0 Å². The molecule has 1 rings (SSSR count). The van der Waals surface area contributed by atoms with Crippen LogP contribution in [-0.2, 0) is 7.05 Å². The predicted molar refractivity (Wildman–Crippen MR) is 56.2 cm³/mol. The molecule has 1 aromatic rings. The lowest BCUT2D eigenvalue weighted by molar-refractivity contribution is -0.102. The molecule has 0 fully saturated rings. The highest BCUT2D eigenvalue weighted by Crippen LogP contribution is 2.24. The molecule has 0 saturated carbocycles. The molecule has 0 spiro atoms. The van der Waals surface area contributed by atoms with Gasteiger partial charge in [-0.25, -0.2) is 4.79 Å². The SMILES string of the molecule is Cn1cc(C(CCO)N(O)C(=O)O)cc1C#N. The predicted octanol–water partition coefficient (Wildman–Crippen LogP) is 0.689. The van der Waals surface area contributed by atoms with Crippen molar-refractivity contribution >= 4 is 6.09 Å². The first-order valence-electron chi connectivity index (χ1n) is 4.89. The van der Waals surface area contributed by atoms with Crippen LogP contribution in [0.1, 0.15) is 23.7 Å². The lowest BCUT2D eigenvalue weighted by Gasteiger charge is -2.21. The fraction of sp³-hybridized carbons (Fsp3) is 0.400. The maximum atomic E-state index is 10.7. The number of amides is 1. The average molecular weight is 239 g/mol. The molecule has 3 N–H and O–H groups in total. The minimum Gasteiger partial charge on any atom is -0.463 e. The van der Waals surface area contributed by atoms with Crippen LogP contribution >= 0.6 is 0 Å². The van der Waals surface area contributed by atoms with Gasteiger partial charge in [0.05, 0.1) is 6.04 Å². The number of hydrogen-bond acceptors (Lipinski definition) is 4. The van der Waals surface area contributed by atoms with Gasteiger partial charge >= 0.3 is 6.09 Å². The van der Waals surface area contributed by atoms with Crippen LogP contribution in [0.2, 0.25) is 0 Å². The Morgan fingerprint density at radius 2 is 2.35 bits per heavy atom. The molecular formula is C10H13N3O4. The highest BCUT2D eigenvalue weighted by molar-refractivity contribution is 5.64. The van der Waals surface area contributed by atoms with Gasteiger partial charge in [-0.05, 0) is 18.1 Å². The van der Waals surface area contributed by atoms with E-state index >= 15 is 0 Å². The number of hydroxylamine groups is 2. The Kier molecular flexibility index (Phi) is 4.09. The Labute approximate surface area is 97.7 Å². The Morgan fingerprint density at radius 1 is 1.71 bits per heavy atom. The minimum atomic E-state index is -1.51. The zero-order valence-corrected chi connectivity index (χ0v) is 9.24. The summed E-state index contributed by atoms with van der Waals surface area (Å²) in [6, 6.07) is 2.53. The number of carboxylic acid groups (broad SMARTS) is 1. The van der Waals surface area contributed by atoms with Gasteiger partial charge in [0.1, 0.15) is 11.8 Å². The summed E-state index contributed by atoms with van der Waals surface area (Å²) in [6.45, 7) is -0.272. The van der Waals surface area contributed by atoms with E-state index in [1.165, 1.54) is 10.6 Å². The molecule has 0 aliphatic heterocycles. The second kappa shape index (κ2) is 5.34. The third-order valence-corrected chi connectivity index (χ3v) is 2.42. The number of hydrogen-bond donors (Lipinski definition) is 3. The summed E-state index contributed by atoms with van der Waals surface area (Å²) in [6.07, 6.45) is 0.0914. The van der Waals surface area contributed by atoms with Gasteiger partial charge in [0.15, 0.2) is 0 Å². The summed E-state index contributed by atoms with van der Waals surface area (Å²) in [5, 5.41) is 35.8. The van der Waals surface area contributed by atoms with E-state index in [1.54, 1.807) is 13.2 Å². The van der Waals surface area contributed by atoms with Gasteiger partial charge in [-0.2, -0.15) is 10.3 Å². The summed E-state index contributed by atoms with van der Waals surface area (Å²) in [4.78, 5) is 10.7. The molecule has 7 heteroatoms. The maximum Gasteiger partial charge on any atom is 0.431 e. The van der Waals surface area contributed by atoms with Crippen LogP contribution in [0.4, 0.5) is 4.79 Å². The van der Waals surface area contributed by atoms with Crippen LogP contribution in [0, 0.1) is 11.3 Å². The Balaban J connectivity index is 3.05. The van der Waals surface area contributed by atoms with Gasteiger partial charge in [-0.15, -0.1) is 0 Å². The number of aryl methyl sites for hydroxylation is 1. The van der Waals surface area contributed by atoms with Gasteiger partial charge in [0.25, 0.3) is 0 Å². The summed E-state index contributed by atoms with van der Waals surface area (Å²) < 4.78 is 1.52. The lowest BCUT2D eigenvalue weighted by Crippen LogP contribution is -2.30. The summed E-state index contributed by atoms with van der Waals surface area (Å²) >= 11 is 0. The number of aliphatic hydroxyl groups excluding tert-OH is 1. The number of carbonyl (C=O) groups is 1. The molecular weight excluding hydrogens is 226 g/mol. The van der Waals surface area contributed by atoms with E-state index in [0.29, 0.717) is 11.3 Å². The molecule has 1 aromatic heterocycles. The van der Waals surface area contributed by atoms with Crippen molar-refractivity contribution in [3.05, 3.63) is 23.5 Å². The number of nitriles is 1. The van der Waals surface area contributed by atoms with Crippen molar-refractivity contribution in [3.8, 4) is 6.07 Å². The van der Waals surface area contributed by atoms with Gasteiger partial charge in [-0.1, -0.05) is 0 Å². The van der Waals surface area contributed by atoms with E-state index in [1.807, 2.05) is 6.07 Å². The van der Waals surface area contributed by atoms with Crippen LogP contribution in [0.15, 0.2) is 12.3 Å². The first kappa shape index (κ1) is 13.0. The molecule has 17 heavy (non-hydrogen) atoms. The van der Waals surface area contributed by atoms with Crippen molar-refractivity contribution in [2.75, 3.05) is 6.61 Å². The van der Waals surface area contributed by atoms with E-state index < -0.39 is 12.1 Å². The standard InChI is InChI=1S/C10H13N3O4/c1-12-6-7(4-8(12)5-11)9(2-3-14)13(17)10(15)16/h4,6,9,14,17H,2-3H2,1H3,(H,15,16). The molecule has 0 aliphatic rings. The highest BCUT2D eigenvalue weighted by atomic mass is 16.6. The van der Waals surface area contributed by atoms with Crippen molar-refractivity contribution in [2.45, 2.75) is 12.5 Å². The quantitative estimate of drug-likeness (QED) is 0.529. The van der Waals surface area contributed by atoms with Gasteiger partial charge in [-0.3, -0.25) is 5.21 Å². The molecule has 0 saturated heterocycles. The fourth-order valence-corrected chi connectivity index (χ4v) is 1.57. The van der Waals surface area contributed by atoms with Crippen molar-refractivity contribution in [2.24, 2.45) is 7.05 Å². The molecule has 7 nitrogen and oxygen atoms in total. The van der Waals surface area contributed by atoms with E-state index in [-0.39, 0.29) is 18.1 Å². The van der Waals surface area contributed by atoms with E-state index in [4.69, 9.17) is 15.5 Å². The monoisotopic (exact) mass is 239 g/mol. The number of aliphatic hydroxyl groups is 1. The lowest BCUT2D eigenvalue weighted by atomic mass is 10.1. The molecule has 0 aliphatic carbocycles. The first-order valence-corrected chi connectivity index (χ1v) is 4.89. The normalized spacial score (nSPS) is 11.9. The molecule has 0 radical (unpaired) electrons. The largest absolute Gasteiger partial charge is 0.463 e. The Morgan fingerprint density at radius 3 is 2.76 bits per heavy atom. The van der Waals surface area contributed by atoms with Crippen LogP contribution in [0.25, 0.3) is 0 Å². The smallest absolute Gasteiger partial charge is 0.431 e. The molecule has 1 unspecified atom stereocenters. The second-order valence-corrected chi connectivity index (χ2v) is 3.54. The van der Waals surface area contributed by atoms with Crippen LogP contribution in [0.5, 0.6) is 0 Å². The highest BCUT2D eigenvalue weighted by Gasteiger charge is 2.24. The fourth-order valence-electron chi connectivity index (χ4n) is 1.57. The first-order chi connectivity index (χ1) is 8.01. The third-order valence-electron chi connectivity index (χ3n) is 2.42. The van der Waals surface area contributed by atoms with Gasteiger partial charge in [0, 0.05) is 19.9 Å². The average Bonchev–Trinajstić information content (AvgIpc) is 2.66. The molecule has 1 atom stereocenters. The second-order valence-electron chi connectivity index (χ2n) is 3.54. The van der Waals surface area contributed by atoms with Crippen LogP contribution in [0.3, 0.4) is 0 Å². The van der Waals surface area contributed by atoms with E-state index in [2.05, 4.69) is 0 Å². The number of aromatic nitrogens is 1. The molecule has 1 amide bonds. The zero-order chi connectivity index (χ0) is 13.0. The maximum absolute atomic E-state index is 10.7. The van der Waals surface area contributed by atoms with Crippen LogP contribution < -0.4 is 0 Å². The van der Waals surface area contributed by atoms with Crippen molar-refractivity contribution in [1.29, 1.82) is 5.26 Å². The Bertz CT molecular complexity index is 449. The summed E-state index contributed by atoms with van der Waals surface area (Å²) in [5.41, 5.74) is 0.810. The molecule has 0 aromatic carbocycles. The number of rotatable bonds is 4. The van der Waals surface area contributed by atoms with Gasteiger partial charge < -0.3 is 14.8 Å². The van der Waals surface area contributed by atoms with Gasteiger partial charge in [0.2, 0.25) is 0 Å². The van der Waals surface area contributed by atoms with Crippen molar-refractivity contribution < 1.29 is 20.2 Å². The molecule has 0 bridgehead atoms. The summed E-state index contributed by atoms with van der Waals surface area (Å²) in [5.74, 6) is 0. The van der Waals surface area contributed by atoms with Crippen LogP contribution in [-0.4, -0.2) is 37.8 Å². The van der Waals surface area contributed by atoms with Crippen molar-refractivity contribution in [3.63, 3.8) is 0 Å².